The van der Waals surface area contributed by atoms with Gasteiger partial charge in [-0.3, -0.25) is 14.6 Å². The quantitative estimate of drug-likeness (QED) is 0.475. The molecule has 0 fully saturated rings. The molecule has 7 heteroatoms. The topological polar surface area (TPSA) is 118 Å². The normalized spacial score (nSPS) is 12.0. The number of aromatic nitrogens is 2. The van der Waals surface area contributed by atoms with Crippen LogP contribution in [0.25, 0.3) is 27.7 Å². The van der Waals surface area contributed by atoms with Crippen molar-refractivity contribution in [3.8, 4) is 22.6 Å². The van der Waals surface area contributed by atoms with E-state index in [1.54, 1.807) is 35.2 Å². The van der Waals surface area contributed by atoms with Gasteiger partial charge >= 0.3 is 0 Å². The van der Waals surface area contributed by atoms with E-state index in [2.05, 4.69) is 4.98 Å². The molecule has 7 nitrogen and oxygen atoms in total. The highest BCUT2D eigenvalue weighted by molar-refractivity contribution is 5.86. The van der Waals surface area contributed by atoms with Crippen LogP contribution in [0.5, 0.6) is 5.75 Å². The van der Waals surface area contributed by atoms with E-state index in [0.29, 0.717) is 16.6 Å². The first-order valence-electron chi connectivity index (χ1n) is 9.29. The fraction of sp³-hybridized carbons (Fsp3) is 0.0870. The molecule has 0 spiro atoms. The Balaban J connectivity index is 2.00. The zero-order chi connectivity index (χ0) is 21.3. The van der Waals surface area contributed by atoms with Crippen LogP contribution in [0.4, 0.5) is 0 Å². The summed E-state index contributed by atoms with van der Waals surface area (Å²) in [4.78, 5) is 28.4. The average Bonchev–Trinajstić information content (AvgIpc) is 2.74. The molecule has 0 radical (unpaired) electrons. The Morgan fingerprint density at radius 1 is 1.03 bits per heavy atom. The van der Waals surface area contributed by atoms with E-state index in [4.69, 9.17) is 5.73 Å². The summed E-state index contributed by atoms with van der Waals surface area (Å²) in [6, 6.07) is 15.6. The second kappa shape index (κ2) is 7.81. The Morgan fingerprint density at radius 3 is 2.40 bits per heavy atom. The van der Waals surface area contributed by atoms with Gasteiger partial charge in [-0.15, -0.1) is 0 Å². The van der Waals surface area contributed by atoms with E-state index in [0.717, 1.165) is 11.1 Å². The highest BCUT2D eigenvalue weighted by Gasteiger charge is 2.19. The number of carbonyl (C=O) groups is 1. The minimum Gasteiger partial charge on any atom is -0.508 e. The van der Waals surface area contributed by atoms with E-state index in [1.165, 1.54) is 18.3 Å². The lowest BCUT2D eigenvalue weighted by Gasteiger charge is -2.17. The molecule has 150 valence electrons. The largest absolute Gasteiger partial charge is 0.508 e. The van der Waals surface area contributed by atoms with Crippen LogP contribution in [0.3, 0.4) is 0 Å². The van der Waals surface area contributed by atoms with Crippen molar-refractivity contribution in [2.24, 2.45) is 5.73 Å². The van der Waals surface area contributed by atoms with Gasteiger partial charge in [-0.2, -0.15) is 0 Å². The number of primary amides is 1. The van der Waals surface area contributed by atoms with Crippen LogP contribution < -0.4 is 11.2 Å². The van der Waals surface area contributed by atoms with E-state index in [9.17, 15) is 19.8 Å². The van der Waals surface area contributed by atoms with Gasteiger partial charge in [-0.1, -0.05) is 6.07 Å². The number of aliphatic hydroxyl groups is 1. The molecule has 0 bridgehead atoms. The van der Waals surface area contributed by atoms with Gasteiger partial charge < -0.3 is 20.5 Å². The van der Waals surface area contributed by atoms with Crippen molar-refractivity contribution < 1.29 is 15.0 Å². The van der Waals surface area contributed by atoms with Gasteiger partial charge in [0.15, 0.2) is 5.43 Å². The van der Waals surface area contributed by atoms with Crippen LogP contribution in [0, 0.1) is 0 Å². The highest BCUT2D eigenvalue weighted by Crippen LogP contribution is 2.27. The van der Waals surface area contributed by atoms with E-state index in [1.807, 2.05) is 24.3 Å². The number of hydrogen-bond donors (Lipinski definition) is 3. The number of benzene rings is 2. The SMILES string of the molecule is NC(=O)CC(O)c1cn(-c2ccc(O)cc2)c2cc(-c3ccncc3)ccc2c1=O. The van der Waals surface area contributed by atoms with E-state index < -0.39 is 12.0 Å². The summed E-state index contributed by atoms with van der Waals surface area (Å²) in [7, 11) is 0. The molecule has 2 heterocycles. The third-order valence-electron chi connectivity index (χ3n) is 4.93. The number of phenols is 1. The summed E-state index contributed by atoms with van der Waals surface area (Å²) >= 11 is 0. The number of nitrogens with zero attached hydrogens (tertiary/aromatic N) is 2. The number of aromatic hydroxyl groups is 1. The van der Waals surface area contributed by atoms with Gasteiger partial charge in [0, 0.05) is 35.2 Å². The number of pyridine rings is 2. The highest BCUT2D eigenvalue weighted by atomic mass is 16.3. The van der Waals surface area contributed by atoms with Crippen molar-refractivity contribution in [2.75, 3.05) is 0 Å². The molecule has 4 N–H and O–H groups in total. The summed E-state index contributed by atoms with van der Waals surface area (Å²) in [6.07, 6.45) is 3.22. The van der Waals surface area contributed by atoms with Crippen LogP contribution in [0.15, 0.2) is 78.0 Å². The minimum atomic E-state index is -1.32. The van der Waals surface area contributed by atoms with Crippen molar-refractivity contribution in [3.05, 3.63) is 89.0 Å². The first-order chi connectivity index (χ1) is 14.4. The number of phenolic OH excluding ortho intramolecular Hbond substituents is 1. The predicted octanol–water partition coefficient (Wildman–Crippen LogP) is 2.67. The Bertz CT molecular complexity index is 1280. The first-order valence-corrected chi connectivity index (χ1v) is 9.29. The summed E-state index contributed by atoms with van der Waals surface area (Å²) in [5.41, 5.74) is 8.04. The Hall–Kier alpha value is -3.97. The van der Waals surface area contributed by atoms with E-state index in [-0.39, 0.29) is 23.2 Å². The van der Waals surface area contributed by atoms with Gasteiger partial charge in [-0.05, 0) is 59.7 Å². The monoisotopic (exact) mass is 401 g/mol. The molecule has 0 aliphatic heterocycles. The van der Waals surface area contributed by atoms with Gasteiger partial charge in [0.25, 0.3) is 0 Å². The first kappa shape index (κ1) is 19.4. The summed E-state index contributed by atoms with van der Waals surface area (Å²) in [6.45, 7) is 0. The molecule has 1 atom stereocenters. The number of hydrogen-bond acceptors (Lipinski definition) is 5. The summed E-state index contributed by atoms with van der Waals surface area (Å²) in [5, 5.41) is 20.4. The zero-order valence-corrected chi connectivity index (χ0v) is 15.9. The minimum absolute atomic E-state index is 0.0750. The lowest BCUT2D eigenvalue weighted by Crippen LogP contribution is -2.22. The molecule has 0 aliphatic rings. The molecule has 4 rings (SSSR count). The van der Waals surface area contributed by atoms with Gasteiger partial charge in [0.1, 0.15) is 5.75 Å². The van der Waals surface area contributed by atoms with Crippen LogP contribution in [0.2, 0.25) is 0 Å². The molecule has 0 aliphatic carbocycles. The third kappa shape index (κ3) is 3.66. The van der Waals surface area contributed by atoms with Crippen LogP contribution >= 0.6 is 0 Å². The maximum Gasteiger partial charge on any atom is 0.220 e. The fourth-order valence-electron chi connectivity index (χ4n) is 3.43. The second-order valence-corrected chi connectivity index (χ2v) is 6.95. The van der Waals surface area contributed by atoms with Crippen molar-refractivity contribution in [1.82, 2.24) is 9.55 Å². The van der Waals surface area contributed by atoms with Crippen LogP contribution in [-0.2, 0) is 4.79 Å². The van der Waals surface area contributed by atoms with Crippen LogP contribution in [0.1, 0.15) is 18.1 Å². The lowest BCUT2D eigenvalue weighted by molar-refractivity contribution is -0.119. The molecule has 1 unspecified atom stereocenters. The molecule has 30 heavy (non-hydrogen) atoms. The Kier molecular flexibility index (Phi) is 5.04. The third-order valence-corrected chi connectivity index (χ3v) is 4.93. The number of fused-ring (bicyclic) bond motifs is 1. The van der Waals surface area contributed by atoms with Gasteiger partial charge in [0.2, 0.25) is 5.91 Å². The molecular formula is C23H19N3O4. The number of carbonyl (C=O) groups excluding carboxylic acids is 1. The number of aliphatic hydroxyl groups excluding tert-OH is 1. The molecule has 1 amide bonds. The Labute approximate surface area is 171 Å². The lowest BCUT2D eigenvalue weighted by atomic mass is 10.0. The van der Waals surface area contributed by atoms with Crippen molar-refractivity contribution in [3.63, 3.8) is 0 Å². The van der Waals surface area contributed by atoms with Crippen molar-refractivity contribution >= 4 is 16.8 Å². The maximum atomic E-state index is 13.1. The van der Waals surface area contributed by atoms with Gasteiger partial charge in [-0.25, -0.2) is 0 Å². The van der Waals surface area contributed by atoms with E-state index >= 15 is 0 Å². The Morgan fingerprint density at radius 2 is 1.73 bits per heavy atom. The smallest absolute Gasteiger partial charge is 0.220 e. The molecule has 2 aromatic carbocycles. The number of amides is 1. The van der Waals surface area contributed by atoms with Crippen molar-refractivity contribution in [2.45, 2.75) is 12.5 Å². The molecule has 2 aromatic heterocycles. The summed E-state index contributed by atoms with van der Waals surface area (Å²) in [5.74, 6) is -0.596. The second-order valence-electron chi connectivity index (χ2n) is 6.95. The molecular weight excluding hydrogens is 382 g/mol. The number of rotatable bonds is 5. The summed E-state index contributed by atoms with van der Waals surface area (Å²) < 4.78 is 1.75. The van der Waals surface area contributed by atoms with Crippen LogP contribution in [-0.4, -0.2) is 25.7 Å². The standard InChI is InChI=1S/C23H19N3O4/c24-22(29)12-21(28)19-13-26(16-2-4-17(27)5-3-16)20-11-15(1-6-18(20)23(19)30)14-7-9-25-10-8-14/h1-11,13,21,27-28H,12H2,(H2,24,29). The van der Waals surface area contributed by atoms with Crippen molar-refractivity contribution in [1.29, 1.82) is 0 Å². The molecule has 4 aromatic rings. The maximum absolute atomic E-state index is 13.1. The molecule has 0 saturated carbocycles. The molecule has 0 saturated heterocycles. The number of nitrogens with two attached hydrogens (primary N) is 1. The fourth-order valence-corrected chi connectivity index (χ4v) is 3.43. The van der Waals surface area contributed by atoms with Gasteiger partial charge in [0.05, 0.1) is 18.0 Å². The predicted molar refractivity (Wildman–Crippen MR) is 113 cm³/mol. The average molecular weight is 401 g/mol. The zero-order valence-electron chi connectivity index (χ0n) is 15.9.